The second-order valence-electron chi connectivity index (χ2n) is 11.7. The van der Waals surface area contributed by atoms with Gasteiger partial charge in [-0.2, -0.15) is 0 Å². The average molecular weight is 541 g/mol. The molecule has 0 heterocycles. The van der Waals surface area contributed by atoms with Gasteiger partial charge < -0.3 is 30.3 Å². The lowest BCUT2D eigenvalue weighted by Crippen LogP contribution is -2.31. The van der Waals surface area contributed by atoms with Crippen LogP contribution in [0.25, 0.3) is 0 Å². The minimum absolute atomic E-state index is 0.00427. The van der Waals surface area contributed by atoms with Crippen LogP contribution in [-0.4, -0.2) is 44.3 Å². The predicted molar refractivity (Wildman–Crippen MR) is 155 cm³/mol. The van der Waals surface area contributed by atoms with Crippen LogP contribution in [0.2, 0.25) is 0 Å². The maximum atomic E-state index is 11.0. The van der Waals surface area contributed by atoms with E-state index < -0.39 is 24.2 Å². The molecule has 0 spiro atoms. The molecule has 0 aliphatic rings. The van der Waals surface area contributed by atoms with Gasteiger partial charge in [-0.15, -0.1) is 0 Å². The molecule has 0 saturated carbocycles. The van der Waals surface area contributed by atoms with E-state index in [-0.39, 0.29) is 29.8 Å². The van der Waals surface area contributed by atoms with Crippen molar-refractivity contribution in [3.05, 3.63) is 59.7 Å². The molecule has 0 radical (unpaired) electrons. The van der Waals surface area contributed by atoms with Gasteiger partial charge in [0.15, 0.2) is 0 Å². The summed E-state index contributed by atoms with van der Waals surface area (Å²) in [7, 11) is 0. The smallest absolute Gasteiger partial charge is 0.119 e. The number of hydrogen-bond acceptors (Lipinski definition) is 6. The van der Waals surface area contributed by atoms with Gasteiger partial charge in [0.05, 0.1) is 18.8 Å². The molecule has 2 aromatic rings. The lowest BCUT2D eigenvalue weighted by molar-refractivity contribution is -0.0165. The first kappa shape index (κ1) is 32.7. The van der Waals surface area contributed by atoms with E-state index in [0.717, 1.165) is 12.8 Å². The van der Waals surface area contributed by atoms with Crippen molar-refractivity contribution >= 4 is 0 Å². The lowest BCUT2D eigenvalue weighted by atomic mass is 9.82. The van der Waals surface area contributed by atoms with Crippen molar-refractivity contribution in [2.75, 3.05) is 6.61 Å². The van der Waals surface area contributed by atoms with Gasteiger partial charge in [-0.25, -0.2) is 0 Å². The molecule has 2 rings (SSSR count). The Bertz CT molecular complexity index is 1010. The van der Waals surface area contributed by atoms with E-state index in [1.54, 1.807) is 0 Å². The Balaban J connectivity index is 1.84. The highest BCUT2D eigenvalue weighted by molar-refractivity contribution is 5.38. The highest BCUT2D eigenvalue weighted by atomic mass is 16.5. The molecule has 0 aliphatic carbocycles. The molecule has 0 fully saturated rings. The highest BCUT2D eigenvalue weighted by Crippen LogP contribution is 2.35. The van der Waals surface area contributed by atoms with E-state index in [4.69, 9.17) is 4.74 Å². The SMILES string of the molecule is CC(C)C[C@H]([C@H](O)C[C@H](O)C#C[C@@H](C)C[C@H](C)C[C@@H](C)COCc1ccccc1)[C@@H](O)c1cc(O)cc(O)c1. The van der Waals surface area contributed by atoms with Crippen molar-refractivity contribution in [2.24, 2.45) is 29.6 Å². The summed E-state index contributed by atoms with van der Waals surface area (Å²) in [4.78, 5) is 0. The van der Waals surface area contributed by atoms with Crippen molar-refractivity contribution in [1.29, 1.82) is 0 Å². The fourth-order valence-corrected chi connectivity index (χ4v) is 5.24. The predicted octanol–water partition coefficient (Wildman–Crippen LogP) is 5.81. The van der Waals surface area contributed by atoms with E-state index in [2.05, 4.69) is 37.8 Å². The third kappa shape index (κ3) is 12.4. The second kappa shape index (κ2) is 16.5. The second-order valence-corrected chi connectivity index (χ2v) is 11.7. The van der Waals surface area contributed by atoms with Crippen molar-refractivity contribution in [3.8, 4) is 23.3 Å². The average Bonchev–Trinajstić information content (AvgIpc) is 2.85. The number of ether oxygens (including phenoxy) is 1. The van der Waals surface area contributed by atoms with Crippen LogP contribution in [0.4, 0.5) is 0 Å². The van der Waals surface area contributed by atoms with Crippen molar-refractivity contribution < 1.29 is 30.3 Å². The Morgan fingerprint density at radius 2 is 1.38 bits per heavy atom. The van der Waals surface area contributed by atoms with Gasteiger partial charge in [-0.05, 0) is 60.3 Å². The molecule has 0 saturated heterocycles. The number of aliphatic hydroxyl groups excluding tert-OH is 3. The summed E-state index contributed by atoms with van der Waals surface area (Å²) in [6, 6.07) is 14.1. The zero-order valence-corrected chi connectivity index (χ0v) is 24.1. The minimum Gasteiger partial charge on any atom is -0.508 e. The van der Waals surface area contributed by atoms with Crippen LogP contribution in [0.15, 0.2) is 48.5 Å². The van der Waals surface area contributed by atoms with Crippen molar-refractivity contribution in [3.63, 3.8) is 0 Å². The Morgan fingerprint density at radius 3 is 2.00 bits per heavy atom. The molecule has 39 heavy (non-hydrogen) atoms. The highest BCUT2D eigenvalue weighted by Gasteiger charge is 2.30. The molecule has 0 bridgehead atoms. The summed E-state index contributed by atoms with van der Waals surface area (Å²) in [5.74, 6) is 6.28. The molecular weight excluding hydrogens is 492 g/mol. The van der Waals surface area contributed by atoms with Crippen LogP contribution in [-0.2, 0) is 11.3 Å². The van der Waals surface area contributed by atoms with Gasteiger partial charge in [0.1, 0.15) is 17.6 Å². The van der Waals surface area contributed by atoms with Gasteiger partial charge in [0.2, 0.25) is 0 Å². The maximum Gasteiger partial charge on any atom is 0.119 e. The number of aliphatic hydroxyl groups is 3. The van der Waals surface area contributed by atoms with Gasteiger partial charge in [-0.3, -0.25) is 0 Å². The molecule has 2 aromatic carbocycles. The van der Waals surface area contributed by atoms with E-state index in [9.17, 15) is 25.5 Å². The Hall–Kier alpha value is -2.56. The number of hydrogen-bond donors (Lipinski definition) is 5. The molecule has 7 atom stereocenters. The number of phenolic OH excluding ortho intramolecular Hbond substituents is 2. The number of phenols is 2. The van der Waals surface area contributed by atoms with Gasteiger partial charge >= 0.3 is 0 Å². The Kier molecular flexibility index (Phi) is 13.8. The largest absolute Gasteiger partial charge is 0.508 e. The van der Waals surface area contributed by atoms with Crippen LogP contribution in [0.3, 0.4) is 0 Å². The lowest BCUT2D eigenvalue weighted by Gasteiger charge is -2.30. The van der Waals surface area contributed by atoms with E-state index in [0.29, 0.717) is 37.0 Å². The molecule has 0 aliphatic heterocycles. The van der Waals surface area contributed by atoms with Crippen LogP contribution < -0.4 is 0 Å². The summed E-state index contributed by atoms with van der Waals surface area (Å²) < 4.78 is 5.88. The third-order valence-electron chi connectivity index (χ3n) is 6.95. The quantitative estimate of drug-likeness (QED) is 0.182. The zero-order valence-electron chi connectivity index (χ0n) is 24.1. The van der Waals surface area contributed by atoms with Gasteiger partial charge in [-0.1, -0.05) is 76.8 Å². The van der Waals surface area contributed by atoms with E-state index in [1.807, 2.05) is 39.0 Å². The summed E-state index contributed by atoms with van der Waals surface area (Å²) in [5, 5.41) is 52.0. The van der Waals surface area contributed by atoms with Crippen LogP contribution in [0.1, 0.15) is 77.5 Å². The van der Waals surface area contributed by atoms with Gasteiger partial charge in [0, 0.05) is 30.9 Å². The molecule has 0 amide bonds. The summed E-state index contributed by atoms with van der Waals surface area (Å²) in [6.07, 6.45) is -0.712. The van der Waals surface area contributed by atoms with E-state index >= 15 is 0 Å². The topological polar surface area (TPSA) is 110 Å². The number of benzene rings is 2. The normalized spacial score (nSPS) is 16.9. The van der Waals surface area contributed by atoms with E-state index in [1.165, 1.54) is 23.8 Å². The number of rotatable bonds is 15. The minimum atomic E-state index is -1.11. The monoisotopic (exact) mass is 540 g/mol. The molecule has 0 aromatic heterocycles. The molecule has 0 unspecified atom stereocenters. The molecule has 5 N–H and O–H groups in total. The van der Waals surface area contributed by atoms with Gasteiger partial charge in [0.25, 0.3) is 0 Å². The Labute approximate surface area is 234 Å². The first-order chi connectivity index (χ1) is 18.4. The summed E-state index contributed by atoms with van der Waals surface area (Å²) >= 11 is 0. The van der Waals surface area contributed by atoms with Crippen LogP contribution >= 0.6 is 0 Å². The Morgan fingerprint density at radius 1 is 0.744 bits per heavy atom. The van der Waals surface area contributed by atoms with Crippen molar-refractivity contribution in [1.82, 2.24) is 0 Å². The standard InChI is InChI=1S/C33H48O6/c1-22(2)13-31(33(38)27-16-29(35)18-30(36)17-27)32(37)19-28(34)12-11-23(3)14-24(4)15-25(5)20-39-21-26-9-7-6-8-10-26/h6-10,16-18,22-25,28,31-38H,13-15,19-21H2,1-5H3/t23-,24+,25-,28-,31-,32-,33+/m1/s1. The first-order valence-corrected chi connectivity index (χ1v) is 14.1. The maximum absolute atomic E-state index is 11.0. The fourth-order valence-electron chi connectivity index (χ4n) is 5.24. The molecule has 6 nitrogen and oxygen atoms in total. The molecule has 6 heteroatoms. The van der Waals surface area contributed by atoms with Crippen LogP contribution in [0.5, 0.6) is 11.5 Å². The molecule has 216 valence electrons. The summed E-state index contributed by atoms with van der Waals surface area (Å²) in [5.41, 5.74) is 1.49. The van der Waals surface area contributed by atoms with Crippen molar-refractivity contribution in [2.45, 2.75) is 85.2 Å². The zero-order chi connectivity index (χ0) is 28.9. The first-order valence-electron chi connectivity index (χ1n) is 14.1. The summed E-state index contributed by atoms with van der Waals surface area (Å²) in [6.45, 7) is 11.8. The third-order valence-corrected chi connectivity index (χ3v) is 6.95. The number of aromatic hydroxyl groups is 2. The molecular formula is C33H48O6. The van der Waals surface area contributed by atoms with Crippen LogP contribution in [0, 0.1) is 41.4 Å². The fraction of sp³-hybridized carbons (Fsp3) is 0.576.